The number of carbonyl (C=O) groups excluding carboxylic acids is 1. The average Bonchev–Trinajstić information content (AvgIpc) is 2.40. The second kappa shape index (κ2) is 4.88. The zero-order chi connectivity index (χ0) is 12.3. The van der Waals surface area contributed by atoms with Crippen LogP contribution in [0.4, 0.5) is 0 Å². The molecule has 3 heteroatoms. The zero-order valence-corrected chi connectivity index (χ0v) is 10.2. The molecule has 0 atom stereocenters. The van der Waals surface area contributed by atoms with Crippen LogP contribution in [0.15, 0.2) is 24.3 Å². The van der Waals surface area contributed by atoms with E-state index in [2.05, 4.69) is 31.2 Å². The number of rotatable bonds is 3. The second-order valence-corrected chi connectivity index (χ2v) is 4.95. The minimum absolute atomic E-state index is 0.156. The number of benzene rings is 1. The van der Waals surface area contributed by atoms with Crippen LogP contribution in [0.5, 0.6) is 0 Å². The normalized spacial score (nSPS) is 19.1. The molecule has 1 aliphatic heterocycles. The van der Waals surface area contributed by atoms with E-state index in [1.807, 2.05) is 0 Å². The van der Waals surface area contributed by atoms with Crippen LogP contribution in [0, 0.1) is 6.92 Å². The summed E-state index contributed by atoms with van der Waals surface area (Å²) in [5.41, 5.74) is 2.26. The monoisotopic (exact) mass is 233 g/mol. The van der Waals surface area contributed by atoms with Crippen molar-refractivity contribution in [2.45, 2.75) is 25.2 Å². The molecule has 1 N–H and O–H groups in total. The molecule has 0 spiro atoms. The van der Waals surface area contributed by atoms with E-state index in [0.717, 1.165) is 32.3 Å². The maximum atomic E-state index is 10.7. The summed E-state index contributed by atoms with van der Waals surface area (Å²) in [6.45, 7) is 3.68. The number of piperidine rings is 1. The highest BCUT2D eigenvalue weighted by Gasteiger charge is 2.35. The highest BCUT2D eigenvalue weighted by Crippen LogP contribution is 2.34. The summed E-state index contributed by atoms with van der Waals surface area (Å²) in [5, 5.41) is 9.72. The van der Waals surface area contributed by atoms with Crippen molar-refractivity contribution in [3.05, 3.63) is 35.4 Å². The Bertz CT molecular complexity index is 378. The van der Waals surface area contributed by atoms with Crippen LogP contribution in [0.2, 0.25) is 0 Å². The van der Waals surface area contributed by atoms with Gasteiger partial charge in [-0.15, -0.1) is 0 Å². The number of hydrogen-bond donors (Lipinski definition) is 1. The van der Waals surface area contributed by atoms with Crippen molar-refractivity contribution < 1.29 is 9.90 Å². The molecule has 0 saturated carbocycles. The zero-order valence-electron chi connectivity index (χ0n) is 10.2. The van der Waals surface area contributed by atoms with Gasteiger partial charge in [0.2, 0.25) is 6.41 Å². The van der Waals surface area contributed by atoms with Crippen molar-refractivity contribution in [3.63, 3.8) is 0 Å². The van der Waals surface area contributed by atoms with Crippen LogP contribution in [0.1, 0.15) is 24.0 Å². The van der Waals surface area contributed by atoms with Gasteiger partial charge in [0.25, 0.3) is 0 Å². The highest BCUT2D eigenvalue weighted by atomic mass is 16.3. The summed E-state index contributed by atoms with van der Waals surface area (Å²) in [6.07, 6.45) is 2.58. The number of nitrogens with zero attached hydrogens (tertiary/aromatic N) is 1. The van der Waals surface area contributed by atoms with Gasteiger partial charge in [-0.3, -0.25) is 4.79 Å². The summed E-state index contributed by atoms with van der Waals surface area (Å²) >= 11 is 0. The Morgan fingerprint density at radius 2 is 1.88 bits per heavy atom. The van der Waals surface area contributed by atoms with E-state index >= 15 is 0 Å². The number of hydrogen-bond acceptors (Lipinski definition) is 2. The van der Waals surface area contributed by atoms with Gasteiger partial charge in [0.05, 0.1) is 6.61 Å². The number of aliphatic hydroxyl groups excluding tert-OH is 1. The lowest BCUT2D eigenvalue weighted by Crippen LogP contribution is -2.44. The molecule has 3 nitrogen and oxygen atoms in total. The van der Waals surface area contributed by atoms with Crippen molar-refractivity contribution >= 4 is 6.41 Å². The fourth-order valence-corrected chi connectivity index (χ4v) is 2.50. The van der Waals surface area contributed by atoms with E-state index in [4.69, 9.17) is 0 Å². The summed E-state index contributed by atoms with van der Waals surface area (Å²) in [6, 6.07) is 8.36. The molecule has 0 unspecified atom stereocenters. The fourth-order valence-electron chi connectivity index (χ4n) is 2.50. The Hall–Kier alpha value is -1.35. The standard InChI is InChI=1S/C14H19NO2/c1-12-2-4-13(5-3-12)14(10-16)6-8-15(11-17)9-7-14/h2-5,11,16H,6-10H2,1H3. The van der Waals surface area contributed by atoms with Gasteiger partial charge >= 0.3 is 0 Å². The molecule has 0 bridgehead atoms. The summed E-state index contributed by atoms with van der Waals surface area (Å²) < 4.78 is 0. The van der Waals surface area contributed by atoms with E-state index in [9.17, 15) is 9.90 Å². The van der Waals surface area contributed by atoms with E-state index in [1.165, 1.54) is 11.1 Å². The van der Waals surface area contributed by atoms with Crippen molar-refractivity contribution in [1.82, 2.24) is 4.90 Å². The third-order valence-electron chi connectivity index (χ3n) is 3.87. The molecule has 92 valence electrons. The van der Waals surface area contributed by atoms with E-state index in [-0.39, 0.29) is 12.0 Å². The van der Waals surface area contributed by atoms with E-state index in [0.29, 0.717) is 0 Å². The first-order chi connectivity index (χ1) is 8.20. The summed E-state index contributed by atoms with van der Waals surface area (Å²) in [7, 11) is 0. The third-order valence-corrected chi connectivity index (χ3v) is 3.87. The number of aryl methyl sites for hydroxylation is 1. The number of likely N-dealkylation sites (tertiary alicyclic amines) is 1. The lowest BCUT2D eigenvalue weighted by molar-refractivity contribution is -0.119. The maximum Gasteiger partial charge on any atom is 0.209 e. The number of aliphatic hydroxyl groups is 1. The second-order valence-electron chi connectivity index (χ2n) is 4.95. The van der Waals surface area contributed by atoms with Crippen LogP contribution >= 0.6 is 0 Å². The SMILES string of the molecule is Cc1ccc(C2(CO)CCN(C=O)CC2)cc1. The molecular weight excluding hydrogens is 214 g/mol. The van der Waals surface area contributed by atoms with Crippen molar-refractivity contribution in [3.8, 4) is 0 Å². The molecule has 1 amide bonds. The number of carbonyl (C=O) groups is 1. The Labute approximate surface area is 102 Å². The van der Waals surface area contributed by atoms with Crippen molar-refractivity contribution in [1.29, 1.82) is 0 Å². The predicted octanol–water partition coefficient (Wildman–Crippen LogP) is 1.48. The molecule has 17 heavy (non-hydrogen) atoms. The first-order valence-corrected chi connectivity index (χ1v) is 6.07. The highest BCUT2D eigenvalue weighted by molar-refractivity contribution is 5.47. The van der Waals surface area contributed by atoms with Gasteiger partial charge in [-0.1, -0.05) is 29.8 Å². The molecule has 1 heterocycles. The molecule has 0 radical (unpaired) electrons. The Balaban J connectivity index is 2.20. The lowest BCUT2D eigenvalue weighted by Gasteiger charge is -2.39. The molecule has 1 saturated heterocycles. The number of amides is 1. The van der Waals surface area contributed by atoms with Gasteiger partial charge in [-0.05, 0) is 25.3 Å². The molecule has 0 aliphatic carbocycles. The van der Waals surface area contributed by atoms with Gasteiger partial charge in [0.1, 0.15) is 0 Å². The molecule has 0 aromatic heterocycles. The van der Waals surface area contributed by atoms with Crippen LogP contribution in [0.3, 0.4) is 0 Å². The van der Waals surface area contributed by atoms with Crippen LogP contribution in [0.25, 0.3) is 0 Å². The minimum Gasteiger partial charge on any atom is -0.395 e. The minimum atomic E-state index is -0.160. The van der Waals surface area contributed by atoms with Gasteiger partial charge in [0, 0.05) is 18.5 Å². The van der Waals surface area contributed by atoms with E-state index in [1.54, 1.807) is 4.90 Å². The summed E-state index contributed by atoms with van der Waals surface area (Å²) in [4.78, 5) is 12.5. The van der Waals surface area contributed by atoms with Gasteiger partial charge in [-0.2, -0.15) is 0 Å². The smallest absolute Gasteiger partial charge is 0.209 e. The lowest BCUT2D eigenvalue weighted by atomic mass is 9.73. The van der Waals surface area contributed by atoms with Gasteiger partial charge in [0.15, 0.2) is 0 Å². The molecule has 1 aromatic carbocycles. The van der Waals surface area contributed by atoms with Crippen LogP contribution < -0.4 is 0 Å². The quantitative estimate of drug-likeness (QED) is 0.803. The topological polar surface area (TPSA) is 40.5 Å². The Morgan fingerprint density at radius 3 is 2.35 bits per heavy atom. The molecule has 2 rings (SSSR count). The Morgan fingerprint density at radius 1 is 1.29 bits per heavy atom. The van der Waals surface area contributed by atoms with Crippen molar-refractivity contribution in [2.75, 3.05) is 19.7 Å². The first-order valence-electron chi connectivity index (χ1n) is 6.07. The fraction of sp³-hybridized carbons (Fsp3) is 0.500. The van der Waals surface area contributed by atoms with Crippen molar-refractivity contribution in [2.24, 2.45) is 0 Å². The van der Waals surface area contributed by atoms with Gasteiger partial charge in [-0.25, -0.2) is 0 Å². The van der Waals surface area contributed by atoms with Crippen LogP contribution in [-0.4, -0.2) is 36.1 Å². The largest absolute Gasteiger partial charge is 0.395 e. The van der Waals surface area contributed by atoms with Gasteiger partial charge < -0.3 is 10.0 Å². The first kappa shape index (κ1) is 12.1. The summed E-state index contributed by atoms with van der Waals surface area (Å²) in [5.74, 6) is 0. The third kappa shape index (κ3) is 2.34. The maximum absolute atomic E-state index is 10.7. The van der Waals surface area contributed by atoms with Crippen LogP contribution in [-0.2, 0) is 10.2 Å². The molecule has 1 fully saturated rings. The Kier molecular flexibility index (Phi) is 3.48. The average molecular weight is 233 g/mol. The molecule has 1 aromatic rings. The molecule has 1 aliphatic rings. The molecular formula is C14H19NO2. The van der Waals surface area contributed by atoms with E-state index < -0.39 is 0 Å². The predicted molar refractivity (Wildman–Crippen MR) is 66.8 cm³/mol.